The van der Waals surface area contributed by atoms with Crippen molar-refractivity contribution in [2.45, 2.75) is 25.0 Å². The van der Waals surface area contributed by atoms with Crippen molar-refractivity contribution in [3.63, 3.8) is 0 Å². The monoisotopic (exact) mass is 505 g/mol. The van der Waals surface area contributed by atoms with E-state index in [9.17, 15) is 23.2 Å². The third kappa shape index (κ3) is 5.16. The Morgan fingerprint density at radius 1 is 1.00 bits per heavy atom. The van der Waals surface area contributed by atoms with Crippen LogP contribution in [-0.4, -0.2) is 31.5 Å². The summed E-state index contributed by atoms with van der Waals surface area (Å²) >= 11 is 0. The van der Waals surface area contributed by atoms with Crippen LogP contribution in [0.15, 0.2) is 66.7 Å². The van der Waals surface area contributed by atoms with Crippen LogP contribution in [-0.2, 0) is 14.3 Å². The summed E-state index contributed by atoms with van der Waals surface area (Å²) in [6, 6.07) is 15.9. The minimum Gasteiger partial charge on any atom is -0.431 e. The van der Waals surface area contributed by atoms with Gasteiger partial charge in [0.2, 0.25) is 6.10 Å². The van der Waals surface area contributed by atoms with Gasteiger partial charge in [0, 0.05) is 30.8 Å². The number of anilines is 1. The zero-order valence-corrected chi connectivity index (χ0v) is 20.0. The lowest BCUT2D eigenvalue weighted by Gasteiger charge is -2.25. The van der Waals surface area contributed by atoms with E-state index >= 15 is 0 Å². The number of amides is 3. The van der Waals surface area contributed by atoms with Crippen LogP contribution in [0.3, 0.4) is 0 Å². The standard InChI is InChI=1S/C28H25F2N3O4/c1-33-23-9-5-4-7-21(23)20-6-2-3-8-22(20)24(27(33)35)32-26(34)25(17-12-18(29)14-19(30)13-17)37-28(36)31-15-16-10-11-16/h2-9,12-14,16,24-25H,10-11,15H2,1H3,(H,31,36)(H,32,34). The van der Waals surface area contributed by atoms with Gasteiger partial charge in [-0.2, -0.15) is 0 Å². The number of hydrogen-bond acceptors (Lipinski definition) is 4. The molecule has 2 N–H and O–H groups in total. The van der Waals surface area contributed by atoms with E-state index in [-0.39, 0.29) is 5.56 Å². The molecule has 3 amide bonds. The molecule has 1 aliphatic carbocycles. The van der Waals surface area contributed by atoms with Gasteiger partial charge in [-0.25, -0.2) is 13.6 Å². The molecule has 37 heavy (non-hydrogen) atoms. The molecular formula is C28H25F2N3O4. The summed E-state index contributed by atoms with van der Waals surface area (Å²) in [5.74, 6) is -2.82. The summed E-state index contributed by atoms with van der Waals surface area (Å²) in [5.41, 5.74) is 2.57. The SMILES string of the molecule is CN1C(=O)C(NC(=O)C(OC(=O)NCC2CC2)c2cc(F)cc(F)c2)c2ccccc2-c2ccccc21. The van der Waals surface area contributed by atoms with Gasteiger partial charge in [-0.05, 0) is 48.1 Å². The van der Waals surface area contributed by atoms with E-state index in [0.717, 1.165) is 36.1 Å². The number of nitrogens with zero attached hydrogens (tertiary/aromatic N) is 1. The average Bonchev–Trinajstić information content (AvgIpc) is 3.72. The van der Waals surface area contributed by atoms with Gasteiger partial charge in [-0.1, -0.05) is 42.5 Å². The highest BCUT2D eigenvalue weighted by molar-refractivity contribution is 6.06. The fraction of sp³-hybridized carbons (Fsp3) is 0.250. The molecule has 0 aromatic heterocycles. The van der Waals surface area contributed by atoms with Crippen LogP contribution in [0.25, 0.3) is 11.1 Å². The first-order valence-corrected chi connectivity index (χ1v) is 12.0. The molecule has 0 saturated heterocycles. The molecule has 1 saturated carbocycles. The molecule has 190 valence electrons. The van der Waals surface area contributed by atoms with Gasteiger partial charge < -0.3 is 20.3 Å². The van der Waals surface area contributed by atoms with Crippen LogP contribution in [0.2, 0.25) is 0 Å². The number of carbonyl (C=O) groups is 3. The molecule has 1 aliphatic heterocycles. The Kier molecular flexibility index (Phi) is 6.60. The summed E-state index contributed by atoms with van der Waals surface area (Å²) in [6.07, 6.45) is -0.620. The van der Waals surface area contributed by atoms with Crippen molar-refractivity contribution < 1.29 is 27.9 Å². The highest BCUT2D eigenvalue weighted by Gasteiger charge is 2.36. The summed E-state index contributed by atoms with van der Waals surface area (Å²) < 4.78 is 33.4. The van der Waals surface area contributed by atoms with E-state index in [2.05, 4.69) is 10.6 Å². The highest BCUT2D eigenvalue weighted by Crippen LogP contribution is 2.39. The number of rotatable bonds is 6. The molecule has 3 aromatic carbocycles. The number of fused-ring (bicyclic) bond motifs is 3. The Labute approximate surface area is 212 Å². The molecule has 9 heteroatoms. The zero-order chi connectivity index (χ0) is 26.1. The van der Waals surface area contributed by atoms with Crippen LogP contribution in [0.5, 0.6) is 0 Å². The number of benzene rings is 3. The fourth-order valence-corrected chi connectivity index (χ4v) is 4.49. The smallest absolute Gasteiger partial charge is 0.408 e. The van der Waals surface area contributed by atoms with E-state index in [1.165, 1.54) is 4.90 Å². The van der Waals surface area contributed by atoms with Gasteiger partial charge in [0.05, 0.1) is 5.69 Å². The second kappa shape index (κ2) is 10.0. The molecule has 0 spiro atoms. The number of ether oxygens (including phenoxy) is 1. The van der Waals surface area contributed by atoms with Gasteiger partial charge >= 0.3 is 6.09 Å². The minimum absolute atomic E-state index is 0.192. The minimum atomic E-state index is -1.69. The number of halogens is 2. The van der Waals surface area contributed by atoms with Crippen LogP contribution >= 0.6 is 0 Å². The van der Waals surface area contributed by atoms with Gasteiger partial charge in [-0.15, -0.1) is 0 Å². The Bertz CT molecular complexity index is 1350. The Morgan fingerprint density at radius 3 is 2.35 bits per heavy atom. The van der Waals surface area contributed by atoms with E-state index < -0.39 is 41.7 Å². The van der Waals surface area contributed by atoms with Crippen molar-refractivity contribution in [3.05, 3.63) is 89.5 Å². The Hall–Kier alpha value is -4.27. The van der Waals surface area contributed by atoms with Crippen molar-refractivity contribution in [1.82, 2.24) is 10.6 Å². The van der Waals surface area contributed by atoms with E-state index in [1.54, 1.807) is 25.2 Å². The third-order valence-electron chi connectivity index (χ3n) is 6.57. The molecule has 5 rings (SSSR count). The lowest BCUT2D eigenvalue weighted by molar-refractivity contribution is -0.133. The highest BCUT2D eigenvalue weighted by atomic mass is 19.1. The number of alkyl carbamates (subject to hydrolysis) is 1. The topological polar surface area (TPSA) is 87.7 Å². The largest absolute Gasteiger partial charge is 0.431 e. The summed E-state index contributed by atoms with van der Waals surface area (Å²) in [6.45, 7) is 0.377. The maximum absolute atomic E-state index is 14.0. The fourth-order valence-electron chi connectivity index (χ4n) is 4.49. The van der Waals surface area contributed by atoms with Crippen molar-refractivity contribution >= 4 is 23.6 Å². The average molecular weight is 506 g/mol. The molecule has 3 aromatic rings. The molecule has 1 heterocycles. The van der Waals surface area contributed by atoms with E-state index in [0.29, 0.717) is 29.8 Å². The van der Waals surface area contributed by atoms with Crippen molar-refractivity contribution in [2.75, 3.05) is 18.5 Å². The van der Waals surface area contributed by atoms with Crippen LogP contribution < -0.4 is 15.5 Å². The quantitative estimate of drug-likeness (QED) is 0.511. The maximum atomic E-state index is 14.0. The summed E-state index contributed by atoms with van der Waals surface area (Å²) in [7, 11) is 1.60. The van der Waals surface area contributed by atoms with E-state index in [1.807, 2.05) is 30.3 Å². The first-order chi connectivity index (χ1) is 17.8. The Morgan fingerprint density at radius 2 is 1.65 bits per heavy atom. The van der Waals surface area contributed by atoms with Crippen molar-refractivity contribution in [1.29, 1.82) is 0 Å². The predicted octanol–water partition coefficient (Wildman–Crippen LogP) is 4.64. The molecule has 7 nitrogen and oxygen atoms in total. The van der Waals surface area contributed by atoms with Crippen molar-refractivity contribution in [3.8, 4) is 11.1 Å². The van der Waals surface area contributed by atoms with E-state index in [4.69, 9.17) is 4.74 Å². The molecule has 0 bridgehead atoms. The van der Waals surface area contributed by atoms with Gasteiger partial charge in [0.25, 0.3) is 11.8 Å². The maximum Gasteiger partial charge on any atom is 0.408 e. The lowest BCUT2D eigenvalue weighted by atomic mass is 9.95. The van der Waals surface area contributed by atoms with Crippen molar-refractivity contribution in [2.24, 2.45) is 5.92 Å². The van der Waals surface area contributed by atoms with Gasteiger partial charge in [-0.3, -0.25) is 9.59 Å². The third-order valence-corrected chi connectivity index (χ3v) is 6.57. The van der Waals surface area contributed by atoms with Gasteiger partial charge in [0.1, 0.15) is 17.7 Å². The second-order valence-electron chi connectivity index (χ2n) is 9.26. The lowest BCUT2D eigenvalue weighted by Crippen LogP contribution is -2.43. The number of nitrogens with one attached hydrogen (secondary N) is 2. The van der Waals surface area contributed by atoms with Crippen LogP contribution in [0.4, 0.5) is 19.3 Å². The second-order valence-corrected chi connectivity index (χ2v) is 9.26. The first-order valence-electron chi connectivity index (χ1n) is 12.0. The predicted molar refractivity (Wildman–Crippen MR) is 132 cm³/mol. The molecule has 2 unspecified atom stereocenters. The summed E-state index contributed by atoms with van der Waals surface area (Å²) in [5, 5.41) is 5.25. The number of likely N-dealkylation sites (N-methyl/N-ethyl adjacent to an activating group) is 1. The molecular weight excluding hydrogens is 480 g/mol. The molecule has 1 fully saturated rings. The first kappa shape index (κ1) is 24.4. The van der Waals surface area contributed by atoms with Gasteiger partial charge in [0.15, 0.2) is 0 Å². The zero-order valence-electron chi connectivity index (χ0n) is 20.0. The number of hydrogen-bond donors (Lipinski definition) is 2. The van der Waals surface area contributed by atoms with Crippen LogP contribution in [0.1, 0.15) is 36.1 Å². The Balaban J connectivity index is 1.48. The molecule has 2 aliphatic rings. The number of carbonyl (C=O) groups excluding carboxylic acids is 3. The normalized spacial score (nSPS) is 17.2. The van der Waals surface area contributed by atoms with Crippen LogP contribution in [0, 0.1) is 17.6 Å². The molecule has 0 radical (unpaired) electrons. The molecule has 2 atom stereocenters. The number of para-hydroxylation sites is 1. The summed E-state index contributed by atoms with van der Waals surface area (Å²) in [4.78, 5) is 41.0.